The van der Waals surface area contributed by atoms with Crippen LogP contribution in [0.25, 0.3) is 22.1 Å². The van der Waals surface area contributed by atoms with E-state index in [1.807, 2.05) is 29.8 Å². The molecular formula is C21H20N4O5. The minimum atomic E-state index is -0.991. The number of fused-ring (bicyclic) bond motifs is 2. The van der Waals surface area contributed by atoms with E-state index in [0.29, 0.717) is 28.6 Å². The summed E-state index contributed by atoms with van der Waals surface area (Å²) in [7, 11) is 1.83. The van der Waals surface area contributed by atoms with E-state index in [1.54, 1.807) is 12.1 Å². The highest BCUT2D eigenvalue weighted by atomic mass is 16.5. The van der Waals surface area contributed by atoms with Crippen molar-refractivity contribution in [1.29, 1.82) is 0 Å². The Morgan fingerprint density at radius 2 is 2.00 bits per heavy atom. The number of anilines is 2. The van der Waals surface area contributed by atoms with E-state index in [0.717, 1.165) is 37.3 Å². The second-order valence-corrected chi connectivity index (χ2v) is 7.21. The maximum absolute atomic E-state index is 11.2. The number of carboxylic acids is 1. The van der Waals surface area contributed by atoms with Crippen LogP contribution >= 0.6 is 0 Å². The average Bonchev–Trinajstić information content (AvgIpc) is 3.28. The van der Waals surface area contributed by atoms with Gasteiger partial charge in [-0.2, -0.15) is 4.98 Å². The first-order chi connectivity index (χ1) is 14.6. The monoisotopic (exact) mass is 408 g/mol. The zero-order chi connectivity index (χ0) is 20.7. The van der Waals surface area contributed by atoms with Gasteiger partial charge in [-0.3, -0.25) is 5.32 Å². The summed E-state index contributed by atoms with van der Waals surface area (Å²) in [6, 6.07) is 10.7. The summed E-state index contributed by atoms with van der Waals surface area (Å²) in [5.74, 6) is 0.244. The molecule has 0 atom stereocenters. The number of benzene rings is 2. The molecule has 0 spiro atoms. The predicted octanol–water partition coefficient (Wildman–Crippen LogP) is 3.71. The van der Waals surface area contributed by atoms with E-state index in [2.05, 4.69) is 15.3 Å². The van der Waals surface area contributed by atoms with Gasteiger partial charge in [-0.1, -0.05) is 0 Å². The van der Waals surface area contributed by atoms with Crippen molar-refractivity contribution in [3.05, 3.63) is 42.0 Å². The number of ether oxygens (including phenoxy) is 2. The number of hydrogen-bond donors (Lipinski definition) is 2. The third kappa shape index (κ3) is 3.43. The number of nitrogens with one attached hydrogen (secondary N) is 1. The molecule has 30 heavy (non-hydrogen) atoms. The summed E-state index contributed by atoms with van der Waals surface area (Å²) in [4.78, 5) is 20.1. The fourth-order valence-electron chi connectivity index (χ4n) is 3.56. The first-order valence-corrected chi connectivity index (χ1v) is 9.68. The molecule has 5 rings (SSSR count). The summed E-state index contributed by atoms with van der Waals surface area (Å²) in [6.07, 6.45) is 1.89. The number of rotatable bonds is 5. The maximum atomic E-state index is 11.2. The largest absolute Gasteiger partial charge is 0.490 e. The van der Waals surface area contributed by atoms with Gasteiger partial charge in [0.05, 0.1) is 29.8 Å². The lowest BCUT2D eigenvalue weighted by Gasteiger charge is -2.23. The van der Waals surface area contributed by atoms with Gasteiger partial charge in [-0.25, -0.2) is 9.78 Å². The van der Waals surface area contributed by atoms with Crippen LogP contribution in [0.5, 0.6) is 5.75 Å². The minimum absolute atomic E-state index is 0.146. The Bertz CT molecular complexity index is 1240. The second kappa shape index (κ2) is 7.34. The van der Waals surface area contributed by atoms with Crippen molar-refractivity contribution < 1.29 is 23.8 Å². The number of aromatic nitrogens is 3. The Hall–Kier alpha value is -3.59. The Morgan fingerprint density at radius 1 is 1.17 bits per heavy atom. The maximum Gasteiger partial charge on any atom is 0.335 e. The molecule has 0 saturated carbocycles. The summed E-state index contributed by atoms with van der Waals surface area (Å²) < 4.78 is 19.0. The molecule has 1 aliphatic rings. The van der Waals surface area contributed by atoms with Crippen molar-refractivity contribution in [3.63, 3.8) is 0 Å². The molecule has 2 aromatic carbocycles. The van der Waals surface area contributed by atoms with Crippen molar-refractivity contribution in [1.82, 2.24) is 14.5 Å². The van der Waals surface area contributed by atoms with Gasteiger partial charge in [0.1, 0.15) is 17.4 Å². The van der Waals surface area contributed by atoms with Gasteiger partial charge in [-0.05, 0) is 30.3 Å². The normalized spacial score (nSPS) is 15.0. The van der Waals surface area contributed by atoms with Crippen molar-refractivity contribution >= 4 is 40.1 Å². The van der Waals surface area contributed by atoms with Crippen LogP contribution in [0.2, 0.25) is 0 Å². The van der Waals surface area contributed by atoms with Crippen LogP contribution in [-0.4, -0.2) is 44.9 Å². The Balaban J connectivity index is 1.39. The molecule has 0 radical (unpaired) electrons. The highest BCUT2D eigenvalue weighted by molar-refractivity contribution is 5.93. The Morgan fingerprint density at radius 3 is 2.80 bits per heavy atom. The van der Waals surface area contributed by atoms with Gasteiger partial charge in [-0.15, -0.1) is 0 Å². The number of carboxylic acid groups (broad SMARTS) is 1. The summed E-state index contributed by atoms with van der Waals surface area (Å²) >= 11 is 0. The van der Waals surface area contributed by atoms with Gasteiger partial charge < -0.3 is 23.6 Å². The standard InChI is InChI=1S/C21H20N4O5/c1-25-17-5-2-12(19(26)27)10-16(17)22-20(25)24-21-23-15-4-3-14(11-18(15)30-21)29-13-6-8-28-9-7-13/h2-5,10-11,13H,6-9H2,1H3,(H,26,27)(H,22,23,24). The molecule has 0 unspecified atom stereocenters. The fraction of sp³-hybridized carbons (Fsp3) is 0.286. The fourth-order valence-corrected chi connectivity index (χ4v) is 3.56. The van der Waals surface area contributed by atoms with E-state index in [9.17, 15) is 9.90 Å². The number of imidazole rings is 1. The zero-order valence-corrected chi connectivity index (χ0v) is 16.3. The third-order valence-electron chi connectivity index (χ3n) is 5.18. The molecule has 1 fully saturated rings. The number of nitrogens with zero attached hydrogens (tertiary/aromatic N) is 3. The number of hydrogen-bond acceptors (Lipinski definition) is 7. The second-order valence-electron chi connectivity index (χ2n) is 7.21. The molecule has 0 bridgehead atoms. The van der Waals surface area contributed by atoms with Gasteiger partial charge in [0.15, 0.2) is 5.58 Å². The van der Waals surface area contributed by atoms with Gasteiger partial charge >= 0.3 is 12.0 Å². The topological polar surface area (TPSA) is 112 Å². The SMILES string of the molecule is Cn1c(Nc2nc3ccc(OC4CCOCC4)cc3o2)nc2cc(C(=O)O)ccc21. The van der Waals surface area contributed by atoms with E-state index in [-0.39, 0.29) is 11.7 Å². The van der Waals surface area contributed by atoms with Crippen molar-refractivity contribution in [2.75, 3.05) is 18.5 Å². The molecule has 3 heterocycles. The molecule has 4 aromatic rings. The van der Waals surface area contributed by atoms with E-state index >= 15 is 0 Å². The average molecular weight is 408 g/mol. The molecular weight excluding hydrogens is 388 g/mol. The van der Waals surface area contributed by atoms with Crippen molar-refractivity contribution in [3.8, 4) is 5.75 Å². The highest BCUT2D eigenvalue weighted by Crippen LogP contribution is 2.28. The lowest BCUT2D eigenvalue weighted by molar-refractivity contribution is 0.0256. The van der Waals surface area contributed by atoms with E-state index < -0.39 is 5.97 Å². The molecule has 0 amide bonds. The molecule has 9 nitrogen and oxygen atoms in total. The highest BCUT2D eigenvalue weighted by Gasteiger charge is 2.17. The molecule has 1 aliphatic heterocycles. The predicted molar refractivity (Wildman–Crippen MR) is 109 cm³/mol. The molecule has 154 valence electrons. The Labute approximate surface area is 171 Å². The molecule has 1 saturated heterocycles. The zero-order valence-electron chi connectivity index (χ0n) is 16.3. The summed E-state index contributed by atoms with van der Waals surface area (Å²) in [5.41, 5.74) is 2.86. The van der Waals surface area contributed by atoms with E-state index in [1.165, 1.54) is 6.07 Å². The number of carbonyl (C=O) groups is 1. The first kappa shape index (κ1) is 18.4. The first-order valence-electron chi connectivity index (χ1n) is 9.68. The summed E-state index contributed by atoms with van der Waals surface area (Å²) in [5, 5.41) is 12.2. The third-order valence-corrected chi connectivity index (χ3v) is 5.18. The lowest BCUT2D eigenvalue weighted by atomic mass is 10.1. The molecule has 2 N–H and O–H groups in total. The van der Waals surface area contributed by atoms with Crippen LogP contribution in [0.3, 0.4) is 0 Å². The van der Waals surface area contributed by atoms with Crippen LogP contribution in [0.15, 0.2) is 40.8 Å². The van der Waals surface area contributed by atoms with Gasteiger partial charge in [0, 0.05) is 26.0 Å². The van der Waals surface area contributed by atoms with Crippen LogP contribution in [-0.2, 0) is 11.8 Å². The molecule has 0 aliphatic carbocycles. The van der Waals surface area contributed by atoms with Crippen LogP contribution in [0.4, 0.5) is 12.0 Å². The molecule has 2 aromatic heterocycles. The van der Waals surface area contributed by atoms with E-state index in [4.69, 9.17) is 13.9 Å². The van der Waals surface area contributed by atoms with Crippen LogP contribution in [0.1, 0.15) is 23.2 Å². The Kier molecular flexibility index (Phi) is 4.51. The minimum Gasteiger partial charge on any atom is -0.490 e. The smallest absolute Gasteiger partial charge is 0.335 e. The van der Waals surface area contributed by atoms with Crippen molar-refractivity contribution in [2.24, 2.45) is 7.05 Å². The van der Waals surface area contributed by atoms with Crippen LogP contribution in [0, 0.1) is 0 Å². The number of aryl methyl sites for hydroxylation is 1. The molecule has 9 heteroatoms. The van der Waals surface area contributed by atoms with Crippen LogP contribution < -0.4 is 10.1 Å². The summed E-state index contributed by atoms with van der Waals surface area (Å²) in [6.45, 7) is 1.44. The van der Waals surface area contributed by atoms with Gasteiger partial charge in [0.2, 0.25) is 5.95 Å². The van der Waals surface area contributed by atoms with Crippen molar-refractivity contribution in [2.45, 2.75) is 18.9 Å². The lowest BCUT2D eigenvalue weighted by Crippen LogP contribution is -2.25. The quantitative estimate of drug-likeness (QED) is 0.514. The van der Waals surface area contributed by atoms with Gasteiger partial charge in [0.25, 0.3) is 0 Å². The number of aromatic carboxylic acids is 1. The number of oxazole rings is 1.